The van der Waals surface area contributed by atoms with Crippen molar-refractivity contribution in [2.75, 3.05) is 5.32 Å². The van der Waals surface area contributed by atoms with E-state index >= 15 is 0 Å². The van der Waals surface area contributed by atoms with E-state index in [1.807, 2.05) is 0 Å². The summed E-state index contributed by atoms with van der Waals surface area (Å²) in [6, 6.07) is 9.84. The molecular formula is C15H10N2O4S. The van der Waals surface area contributed by atoms with E-state index in [0.29, 0.717) is 16.0 Å². The van der Waals surface area contributed by atoms with Gasteiger partial charge in [0.1, 0.15) is 16.1 Å². The zero-order valence-corrected chi connectivity index (χ0v) is 12.0. The third-order valence-electron chi connectivity index (χ3n) is 3.04. The molecule has 0 fully saturated rings. The maximum absolute atomic E-state index is 12.2. The lowest BCUT2D eigenvalue weighted by Gasteiger charge is -2.04. The molecule has 0 unspecified atom stereocenters. The zero-order valence-electron chi connectivity index (χ0n) is 11.2. The Morgan fingerprint density at radius 3 is 2.68 bits per heavy atom. The number of rotatable bonds is 3. The molecule has 3 N–H and O–H groups in total. The summed E-state index contributed by atoms with van der Waals surface area (Å²) in [5, 5.41) is 5.07. The molecule has 0 radical (unpaired) electrons. The van der Waals surface area contributed by atoms with E-state index in [1.54, 1.807) is 29.6 Å². The number of carbonyl (C=O) groups excluding carboxylic acids is 2. The Labute approximate surface area is 128 Å². The summed E-state index contributed by atoms with van der Waals surface area (Å²) in [7, 11) is 0. The topological polar surface area (TPSA) is 102 Å². The largest absolute Gasteiger partial charge is 0.422 e. The van der Waals surface area contributed by atoms with E-state index in [9.17, 15) is 14.4 Å². The van der Waals surface area contributed by atoms with Crippen molar-refractivity contribution in [1.82, 2.24) is 0 Å². The molecule has 0 saturated carbocycles. The number of benzene rings is 1. The highest BCUT2D eigenvalue weighted by Gasteiger charge is 2.17. The first-order chi connectivity index (χ1) is 10.6. The lowest BCUT2D eigenvalue weighted by atomic mass is 10.2. The number of hydrogen-bond acceptors (Lipinski definition) is 5. The van der Waals surface area contributed by atoms with Crippen LogP contribution in [0, 0.1) is 0 Å². The molecular weight excluding hydrogens is 304 g/mol. The zero-order chi connectivity index (χ0) is 15.7. The Balaban J connectivity index is 1.98. The van der Waals surface area contributed by atoms with Gasteiger partial charge in [0.15, 0.2) is 0 Å². The normalized spacial score (nSPS) is 10.5. The number of anilines is 1. The van der Waals surface area contributed by atoms with Crippen LogP contribution in [0.4, 0.5) is 5.00 Å². The number of primary amides is 1. The second-order valence-corrected chi connectivity index (χ2v) is 5.38. The molecule has 0 aliphatic rings. The van der Waals surface area contributed by atoms with Gasteiger partial charge in [-0.3, -0.25) is 9.59 Å². The van der Waals surface area contributed by atoms with Gasteiger partial charge in [-0.1, -0.05) is 18.2 Å². The lowest BCUT2D eigenvalue weighted by molar-refractivity contribution is 0.100. The van der Waals surface area contributed by atoms with Crippen molar-refractivity contribution in [3.8, 4) is 0 Å². The van der Waals surface area contributed by atoms with Crippen LogP contribution in [-0.4, -0.2) is 11.8 Å². The van der Waals surface area contributed by atoms with Crippen molar-refractivity contribution in [3.05, 3.63) is 63.3 Å². The van der Waals surface area contributed by atoms with Crippen molar-refractivity contribution >= 4 is 39.1 Å². The van der Waals surface area contributed by atoms with Gasteiger partial charge >= 0.3 is 5.63 Å². The van der Waals surface area contributed by atoms with Crippen molar-refractivity contribution in [3.63, 3.8) is 0 Å². The van der Waals surface area contributed by atoms with Gasteiger partial charge in [0.2, 0.25) is 0 Å². The van der Waals surface area contributed by atoms with E-state index in [0.717, 1.165) is 11.3 Å². The minimum absolute atomic E-state index is 0.137. The van der Waals surface area contributed by atoms with Crippen LogP contribution < -0.4 is 16.7 Å². The molecule has 2 aromatic heterocycles. The Morgan fingerprint density at radius 1 is 1.14 bits per heavy atom. The van der Waals surface area contributed by atoms with Gasteiger partial charge in [-0.25, -0.2) is 4.79 Å². The van der Waals surface area contributed by atoms with Crippen molar-refractivity contribution in [2.45, 2.75) is 0 Å². The number of carbonyl (C=O) groups is 2. The molecule has 3 rings (SSSR count). The van der Waals surface area contributed by atoms with Crippen LogP contribution >= 0.6 is 11.3 Å². The number of nitrogens with two attached hydrogens (primary N) is 1. The van der Waals surface area contributed by atoms with Crippen LogP contribution in [0.15, 0.2) is 51.0 Å². The molecule has 0 aliphatic heterocycles. The molecule has 7 heteroatoms. The molecule has 0 saturated heterocycles. The molecule has 22 heavy (non-hydrogen) atoms. The van der Waals surface area contributed by atoms with E-state index < -0.39 is 17.4 Å². The molecule has 6 nitrogen and oxygen atoms in total. The Hall–Kier alpha value is -2.93. The van der Waals surface area contributed by atoms with Gasteiger partial charge < -0.3 is 15.5 Å². The summed E-state index contributed by atoms with van der Waals surface area (Å²) in [6.45, 7) is 0. The monoisotopic (exact) mass is 314 g/mol. The average Bonchev–Trinajstić information content (AvgIpc) is 2.94. The summed E-state index contributed by atoms with van der Waals surface area (Å²) in [6.07, 6.45) is 0. The van der Waals surface area contributed by atoms with Crippen molar-refractivity contribution in [1.29, 1.82) is 0 Å². The fourth-order valence-corrected chi connectivity index (χ4v) is 2.78. The van der Waals surface area contributed by atoms with Crippen molar-refractivity contribution < 1.29 is 14.0 Å². The van der Waals surface area contributed by atoms with E-state index in [1.165, 1.54) is 12.1 Å². The highest BCUT2D eigenvalue weighted by atomic mass is 32.1. The van der Waals surface area contributed by atoms with Gasteiger partial charge in [-0.2, -0.15) is 0 Å². The summed E-state index contributed by atoms with van der Waals surface area (Å²) in [5.41, 5.74) is 4.93. The van der Waals surface area contributed by atoms with Gasteiger partial charge in [0.05, 0.1) is 5.56 Å². The second kappa shape index (κ2) is 5.45. The number of fused-ring (bicyclic) bond motifs is 1. The van der Waals surface area contributed by atoms with Gasteiger partial charge in [-0.15, -0.1) is 11.3 Å². The van der Waals surface area contributed by atoms with E-state index in [4.69, 9.17) is 10.2 Å². The second-order valence-electron chi connectivity index (χ2n) is 4.47. The number of nitrogens with one attached hydrogen (secondary N) is 1. The summed E-state index contributed by atoms with van der Waals surface area (Å²) >= 11 is 1.14. The maximum atomic E-state index is 12.2. The van der Waals surface area contributed by atoms with Crippen molar-refractivity contribution in [2.24, 2.45) is 5.73 Å². The number of hydrogen-bond donors (Lipinski definition) is 2. The van der Waals surface area contributed by atoms with Crippen LogP contribution in [0.25, 0.3) is 11.0 Å². The van der Waals surface area contributed by atoms with Gasteiger partial charge in [0.25, 0.3) is 11.8 Å². The fraction of sp³-hybridized carbons (Fsp3) is 0. The third-order valence-corrected chi connectivity index (χ3v) is 3.87. The molecule has 0 bridgehead atoms. The number of amides is 2. The van der Waals surface area contributed by atoms with E-state index in [-0.39, 0.29) is 11.1 Å². The first-order valence-corrected chi connectivity index (χ1v) is 7.16. The number of para-hydroxylation sites is 1. The van der Waals surface area contributed by atoms with Gasteiger partial charge in [-0.05, 0) is 23.6 Å². The summed E-state index contributed by atoms with van der Waals surface area (Å²) < 4.78 is 5.11. The van der Waals surface area contributed by atoms with Crippen LogP contribution in [0.1, 0.15) is 20.7 Å². The average molecular weight is 314 g/mol. The Bertz CT molecular complexity index is 942. The van der Waals surface area contributed by atoms with Crippen LogP contribution in [-0.2, 0) is 0 Å². The highest BCUT2D eigenvalue weighted by Crippen LogP contribution is 2.23. The van der Waals surface area contributed by atoms with Crippen LogP contribution in [0.3, 0.4) is 0 Å². The minimum atomic E-state index is -0.742. The molecule has 0 atom stereocenters. The van der Waals surface area contributed by atoms with Gasteiger partial charge in [0, 0.05) is 5.39 Å². The molecule has 0 spiro atoms. The fourth-order valence-electron chi connectivity index (χ4n) is 1.99. The first kappa shape index (κ1) is 14.0. The van der Waals surface area contributed by atoms with Crippen LogP contribution in [0.5, 0.6) is 0 Å². The summed E-state index contributed by atoms with van der Waals surface area (Å²) in [4.78, 5) is 35.4. The Kier molecular flexibility index (Phi) is 3.48. The van der Waals surface area contributed by atoms with E-state index in [2.05, 4.69) is 5.32 Å². The Morgan fingerprint density at radius 2 is 1.91 bits per heavy atom. The molecule has 2 amide bonds. The number of thiophene rings is 1. The standard InChI is InChI=1S/C15H10N2O4S/c16-12(18)9-5-6-22-14(9)17-13(19)10-7-8-3-1-2-4-11(8)21-15(10)20/h1-7H,(H2,16,18)(H,17,19). The molecule has 0 aliphatic carbocycles. The molecule has 3 aromatic rings. The summed E-state index contributed by atoms with van der Waals surface area (Å²) in [5.74, 6) is -1.30. The smallest absolute Gasteiger partial charge is 0.349 e. The maximum Gasteiger partial charge on any atom is 0.349 e. The molecule has 2 heterocycles. The predicted octanol–water partition coefficient (Wildman–Crippen LogP) is 2.21. The predicted molar refractivity (Wildman–Crippen MR) is 83.3 cm³/mol. The lowest BCUT2D eigenvalue weighted by Crippen LogP contribution is -2.22. The quantitative estimate of drug-likeness (QED) is 0.723. The first-order valence-electron chi connectivity index (χ1n) is 6.28. The minimum Gasteiger partial charge on any atom is -0.422 e. The molecule has 1 aromatic carbocycles. The SMILES string of the molecule is NC(=O)c1ccsc1NC(=O)c1cc2ccccc2oc1=O. The molecule has 110 valence electrons. The third kappa shape index (κ3) is 2.49. The van der Waals surface area contributed by atoms with Crippen LogP contribution in [0.2, 0.25) is 0 Å². The highest BCUT2D eigenvalue weighted by molar-refractivity contribution is 7.14.